The van der Waals surface area contributed by atoms with E-state index in [1.165, 1.54) is 25.7 Å². The summed E-state index contributed by atoms with van der Waals surface area (Å²) in [6, 6.07) is 8.41. The van der Waals surface area contributed by atoms with Gasteiger partial charge in [0.05, 0.1) is 12.1 Å². The molecule has 1 aromatic rings. The minimum Gasteiger partial charge on any atom is -0.377 e. The van der Waals surface area contributed by atoms with Crippen LogP contribution in [0.3, 0.4) is 0 Å². The van der Waals surface area contributed by atoms with E-state index in [0.717, 1.165) is 17.7 Å². The zero-order valence-electron chi connectivity index (χ0n) is 13.9. The Kier molecular flexibility index (Phi) is 6.45. The van der Waals surface area contributed by atoms with E-state index in [1.54, 1.807) is 7.11 Å². The maximum absolute atomic E-state index is 12.5. The van der Waals surface area contributed by atoms with E-state index in [-0.39, 0.29) is 30.5 Å². The maximum Gasteiger partial charge on any atom is 0.241 e. The van der Waals surface area contributed by atoms with Gasteiger partial charge in [-0.2, -0.15) is 0 Å². The molecule has 1 aromatic carbocycles. The number of methoxy groups -OCH3 is 1. The quantitative estimate of drug-likeness (QED) is 0.880. The highest BCUT2D eigenvalue weighted by Crippen LogP contribution is 2.33. The zero-order valence-corrected chi connectivity index (χ0v) is 14.7. The van der Waals surface area contributed by atoms with Gasteiger partial charge in [-0.3, -0.25) is 4.79 Å². The molecule has 5 heteroatoms. The minimum atomic E-state index is -0.0448. The second kappa shape index (κ2) is 8.13. The monoisotopic (exact) mass is 338 g/mol. The average molecular weight is 339 g/mol. The van der Waals surface area contributed by atoms with Crippen LogP contribution in [0, 0.1) is 5.92 Å². The number of carbonyl (C=O) groups is 1. The fourth-order valence-electron chi connectivity index (χ4n) is 3.76. The second-order valence-electron chi connectivity index (χ2n) is 6.60. The molecule has 2 aliphatic rings. The Labute approximate surface area is 144 Å². The predicted molar refractivity (Wildman–Crippen MR) is 95.0 cm³/mol. The number of fused-ring (bicyclic) bond motifs is 1. The van der Waals surface area contributed by atoms with Crippen LogP contribution in [0.2, 0.25) is 0 Å². The van der Waals surface area contributed by atoms with E-state index in [1.807, 2.05) is 31.2 Å². The Hall–Kier alpha value is -1.10. The third-order valence-corrected chi connectivity index (χ3v) is 5.16. The van der Waals surface area contributed by atoms with Gasteiger partial charge in [0.1, 0.15) is 0 Å². The lowest BCUT2D eigenvalue weighted by molar-refractivity contribution is -0.117. The highest BCUT2D eigenvalue weighted by atomic mass is 35.5. The van der Waals surface area contributed by atoms with Crippen molar-refractivity contribution in [3.05, 3.63) is 29.8 Å². The molecule has 1 aliphatic heterocycles. The van der Waals surface area contributed by atoms with Crippen LogP contribution in [-0.2, 0) is 9.53 Å². The number of nitrogens with one attached hydrogen (secondary N) is 2. The third-order valence-electron chi connectivity index (χ3n) is 5.16. The first kappa shape index (κ1) is 18.2. The third kappa shape index (κ3) is 4.25. The largest absolute Gasteiger partial charge is 0.377 e. The first-order valence-corrected chi connectivity index (χ1v) is 8.37. The lowest BCUT2D eigenvalue weighted by atomic mass is 9.85. The van der Waals surface area contributed by atoms with Crippen molar-refractivity contribution in [2.75, 3.05) is 12.4 Å². The van der Waals surface area contributed by atoms with Gasteiger partial charge in [-0.15, -0.1) is 12.4 Å². The summed E-state index contributed by atoms with van der Waals surface area (Å²) in [6.07, 6.45) is 6.10. The molecular formula is C18H27ClN2O2. The van der Waals surface area contributed by atoms with E-state index < -0.39 is 0 Å². The van der Waals surface area contributed by atoms with E-state index in [0.29, 0.717) is 12.0 Å². The molecule has 4 atom stereocenters. The van der Waals surface area contributed by atoms with Gasteiger partial charge >= 0.3 is 0 Å². The van der Waals surface area contributed by atoms with E-state index in [9.17, 15) is 4.79 Å². The van der Waals surface area contributed by atoms with Crippen molar-refractivity contribution in [1.82, 2.24) is 5.32 Å². The Morgan fingerprint density at radius 2 is 2.13 bits per heavy atom. The van der Waals surface area contributed by atoms with Crippen LogP contribution in [0.25, 0.3) is 0 Å². The van der Waals surface area contributed by atoms with E-state index in [2.05, 4.69) is 10.6 Å². The first-order chi connectivity index (χ1) is 10.7. The maximum atomic E-state index is 12.5. The summed E-state index contributed by atoms with van der Waals surface area (Å²) in [5, 5.41) is 6.58. The molecule has 1 saturated heterocycles. The van der Waals surface area contributed by atoms with Crippen molar-refractivity contribution in [2.24, 2.45) is 5.92 Å². The number of hydrogen-bond donors (Lipinski definition) is 2. The van der Waals surface area contributed by atoms with Crippen LogP contribution >= 0.6 is 12.4 Å². The zero-order chi connectivity index (χ0) is 15.5. The van der Waals surface area contributed by atoms with Crippen LogP contribution < -0.4 is 10.6 Å². The van der Waals surface area contributed by atoms with Crippen LogP contribution in [0.4, 0.5) is 5.69 Å². The van der Waals surface area contributed by atoms with Crippen molar-refractivity contribution in [3.63, 3.8) is 0 Å². The summed E-state index contributed by atoms with van der Waals surface area (Å²) in [5.41, 5.74) is 1.93. The highest BCUT2D eigenvalue weighted by Gasteiger charge is 2.38. The van der Waals surface area contributed by atoms with Crippen molar-refractivity contribution in [3.8, 4) is 0 Å². The molecule has 2 N–H and O–H groups in total. The molecule has 0 spiro atoms. The highest BCUT2D eigenvalue weighted by molar-refractivity contribution is 5.95. The molecule has 23 heavy (non-hydrogen) atoms. The average Bonchev–Trinajstić information content (AvgIpc) is 2.98. The van der Waals surface area contributed by atoms with Gasteiger partial charge < -0.3 is 15.4 Å². The Balaban J connectivity index is 0.00000192. The van der Waals surface area contributed by atoms with Crippen molar-refractivity contribution in [2.45, 2.75) is 57.2 Å². The van der Waals surface area contributed by atoms with Gasteiger partial charge in [-0.05, 0) is 49.8 Å². The molecule has 1 heterocycles. The van der Waals surface area contributed by atoms with Gasteiger partial charge in [0.2, 0.25) is 5.91 Å². The minimum absolute atomic E-state index is 0. The smallest absolute Gasteiger partial charge is 0.241 e. The van der Waals surface area contributed by atoms with Gasteiger partial charge in [-0.25, -0.2) is 0 Å². The number of halogens is 1. The van der Waals surface area contributed by atoms with Gasteiger partial charge in [0, 0.05) is 18.8 Å². The van der Waals surface area contributed by atoms with Crippen molar-refractivity contribution < 1.29 is 9.53 Å². The lowest BCUT2D eigenvalue weighted by Crippen LogP contribution is -2.39. The number of carbonyl (C=O) groups excluding carboxylic acids is 1. The summed E-state index contributed by atoms with van der Waals surface area (Å²) in [6.45, 7) is 2.00. The second-order valence-corrected chi connectivity index (χ2v) is 6.60. The number of benzene rings is 1. The summed E-state index contributed by atoms with van der Waals surface area (Å²) >= 11 is 0. The molecule has 2 fully saturated rings. The summed E-state index contributed by atoms with van der Waals surface area (Å²) < 4.78 is 5.34. The molecule has 128 valence electrons. The molecule has 4 nitrogen and oxygen atoms in total. The lowest BCUT2D eigenvalue weighted by Gasteiger charge is -2.24. The normalized spacial score (nSPS) is 27.7. The molecule has 1 aliphatic carbocycles. The van der Waals surface area contributed by atoms with Crippen molar-refractivity contribution in [1.29, 1.82) is 0 Å². The summed E-state index contributed by atoms with van der Waals surface area (Å²) in [4.78, 5) is 12.5. The van der Waals surface area contributed by atoms with E-state index >= 15 is 0 Å². The van der Waals surface area contributed by atoms with Crippen LogP contribution in [0.1, 0.15) is 50.7 Å². The van der Waals surface area contributed by atoms with Crippen molar-refractivity contribution >= 4 is 24.0 Å². The SMILES string of the molecule is COC(C)c1cccc(NC(=O)C2CC3CCCCC3N2)c1.Cl. The fraction of sp³-hybridized carbons (Fsp3) is 0.611. The Bertz CT molecular complexity index is 524. The van der Waals surface area contributed by atoms with Gasteiger partial charge in [0.15, 0.2) is 0 Å². The molecule has 1 saturated carbocycles. The molecule has 4 unspecified atom stereocenters. The van der Waals surface area contributed by atoms with Crippen LogP contribution in [0.15, 0.2) is 24.3 Å². The number of anilines is 1. The fourth-order valence-corrected chi connectivity index (χ4v) is 3.76. The molecule has 3 rings (SSSR count). The number of rotatable bonds is 4. The van der Waals surface area contributed by atoms with Crippen LogP contribution in [-0.4, -0.2) is 25.1 Å². The number of hydrogen-bond acceptors (Lipinski definition) is 3. The first-order valence-electron chi connectivity index (χ1n) is 8.37. The summed E-state index contributed by atoms with van der Waals surface area (Å²) in [7, 11) is 1.69. The van der Waals surface area contributed by atoms with E-state index in [4.69, 9.17) is 4.74 Å². The van der Waals surface area contributed by atoms with Crippen LogP contribution in [0.5, 0.6) is 0 Å². The Morgan fingerprint density at radius 3 is 2.87 bits per heavy atom. The standard InChI is InChI=1S/C18H26N2O2.ClH/c1-12(22-2)13-7-5-8-15(10-13)19-18(21)17-11-14-6-3-4-9-16(14)20-17;/h5,7-8,10,12,14,16-17,20H,3-4,6,9,11H2,1-2H3,(H,19,21);1H. The topological polar surface area (TPSA) is 50.4 Å². The number of amides is 1. The molecule has 0 radical (unpaired) electrons. The predicted octanol–water partition coefficient (Wildman–Crippen LogP) is 3.68. The molecule has 0 bridgehead atoms. The summed E-state index contributed by atoms with van der Waals surface area (Å²) in [5.74, 6) is 0.779. The molecule has 1 amide bonds. The molecule has 0 aromatic heterocycles. The molecular weight excluding hydrogens is 312 g/mol. The van der Waals surface area contributed by atoms with Gasteiger partial charge in [0.25, 0.3) is 0 Å². The Morgan fingerprint density at radius 1 is 1.35 bits per heavy atom. The number of ether oxygens (including phenoxy) is 1. The van der Waals surface area contributed by atoms with Gasteiger partial charge in [-0.1, -0.05) is 25.0 Å².